The molecule has 3 nitrogen and oxygen atoms in total. The van der Waals surface area contributed by atoms with E-state index >= 15 is 0 Å². The molecule has 0 unspecified atom stereocenters. The van der Waals surface area contributed by atoms with Crippen molar-refractivity contribution < 1.29 is 0 Å². The molecule has 0 saturated heterocycles. The Morgan fingerprint density at radius 3 is 1.85 bits per heavy atom. The van der Waals surface area contributed by atoms with Crippen molar-refractivity contribution in [3.8, 4) is 5.69 Å². The molecule has 1 heterocycles. The topological polar surface area (TPSA) is 30.7 Å². The predicted molar refractivity (Wildman–Crippen MR) is 117 cm³/mol. The van der Waals surface area contributed by atoms with E-state index < -0.39 is 21.1 Å². The minimum atomic E-state index is -0.829. The number of unbranched alkanes of at least 4 members (excludes halogenated alkanes) is 3. The molecule has 2 radical (unpaired) electrons. The van der Waals surface area contributed by atoms with Gasteiger partial charge in [-0.1, -0.05) is 0 Å². The van der Waals surface area contributed by atoms with Crippen LogP contribution in [0.3, 0.4) is 0 Å². The van der Waals surface area contributed by atoms with Crippen molar-refractivity contribution in [3.05, 3.63) is 35.5 Å². The van der Waals surface area contributed by atoms with Crippen LogP contribution < -0.4 is 3.71 Å². The van der Waals surface area contributed by atoms with Crippen molar-refractivity contribution in [2.24, 2.45) is 0 Å². The van der Waals surface area contributed by atoms with Crippen molar-refractivity contribution in [1.29, 1.82) is 0 Å². The van der Waals surface area contributed by atoms with E-state index in [1.807, 2.05) is 0 Å². The van der Waals surface area contributed by atoms with Gasteiger partial charge in [0, 0.05) is 0 Å². The van der Waals surface area contributed by atoms with E-state index in [9.17, 15) is 0 Å². The van der Waals surface area contributed by atoms with Crippen LogP contribution in [0, 0.1) is 13.8 Å². The number of hydrogen-bond acceptors (Lipinski definition) is 2. The average Bonchev–Trinajstić information content (AvgIpc) is 3.03. The van der Waals surface area contributed by atoms with Crippen molar-refractivity contribution in [2.75, 3.05) is 0 Å². The van der Waals surface area contributed by atoms with Crippen LogP contribution in [0.5, 0.6) is 0 Å². The van der Waals surface area contributed by atoms with Gasteiger partial charge in [0.1, 0.15) is 0 Å². The van der Waals surface area contributed by atoms with Crippen LogP contribution in [0.15, 0.2) is 24.3 Å². The molecule has 0 spiro atoms. The van der Waals surface area contributed by atoms with Crippen LogP contribution in [0.25, 0.3) is 5.69 Å². The average molecular weight is 474 g/mol. The van der Waals surface area contributed by atoms with Gasteiger partial charge in [0.2, 0.25) is 0 Å². The summed E-state index contributed by atoms with van der Waals surface area (Å²) in [6.07, 6.45) is 12.2. The van der Waals surface area contributed by atoms with Gasteiger partial charge in [0.25, 0.3) is 0 Å². The quantitative estimate of drug-likeness (QED) is 0.357. The Morgan fingerprint density at radius 2 is 1.37 bits per heavy atom. The number of nitrogens with zero attached hydrogens (tertiary/aromatic N) is 3. The number of hydrogen-bond donors (Lipinski definition) is 0. The van der Waals surface area contributed by atoms with Gasteiger partial charge in [0.15, 0.2) is 0 Å². The first-order chi connectivity index (χ1) is 13.0. The summed E-state index contributed by atoms with van der Waals surface area (Å²) in [6.45, 7) is 11.3. The Morgan fingerprint density at radius 1 is 0.852 bits per heavy atom. The Bertz CT molecular complexity index is 654. The molecular formula is C23H37N3Sn. The van der Waals surface area contributed by atoms with Crippen LogP contribution in [0.1, 0.15) is 89.8 Å². The van der Waals surface area contributed by atoms with Gasteiger partial charge in [-0.3, -0.25) is 0 Å². The molecule has 0 N–H and O–H groups in total. The SMILES string of the molecule is CCCC[C](CCCC)(CCCC)[Sn][c]1nnn(-c2ccc(C)cc2)c1C. The Kier molecular flexibility index (Phi) is 9.34. The summed E-state index contributed by atoms with van der Waals surface area (Å²) in [4.78, 5) is 0. The number of rotatable bonds is 12. The van der Waals surface area contributed by atoms with Gasteiger partial charge in [-0.15, -0.1) is 0 Å². The summed E-state index contributed by atoms with van der Waals surface area (Å²) in [5, 5.41) is 9.26. The third-order valence-electron chi connectivity index (χ3n) is 5.58. The second kappa shape index (κ2) is 11.2. The van der Waals surface area contributed by atoms with Gasteiger partial charge in [-0.05, 0) is 0 Å². The van der Waals surface area contributed by atoms with Gasteiger partial charge in [-0.25, -0.2) is 0 Å². The molecule has 4 heteroatoms. The first kappa shape index (κ1) is 22.4. The summed E-state index contributed by atoms with van der Waals surface area (Å²) in [6, 6.07) is 8.63. The molecule has 0 aliphatic heterocycles. The van der Waals surface area contributed by atoms with Crippen molar-refractivity contribution >= 4 is 24.9 Å². The van der Waals surface area contributed by atoms with Gasteiger partial charge < -0.3 is 0 Å². The number of benzene rings is 1. The zero-order valence-electron chi connectivity index (χ0n) is 18.0. The molecule has 1 aromatic heterocycles. The van der Waals surface area contributed by atoms with E-state index in [0.717, 1.165) is 5.69 Å². The molecule has 0 aliphatic rings. The minimum absolute atomic E-state index is 0.560. The van der Waals surface area contributed by atoms with Crippen LogP contribution in [0.4, 0.5) is 0 Å². The molecule has 0 fully saturated rings. The molecule has 0 amide bonds. The van der Waals surface area contributed by atoms with Gasteiger partial charge >= 0.3 is 177 Å². The van der Waals surface area contributed by atoms with Gasteiger partial charge in [-0.2, -0.15) is 0 Å². The van der Waals surface area contributed by atoms with Crippen LogP contribution in [0.2, 0.25) is 3.43 Å². The van der Waals surface area contributed by atoms with E-state index in [-0.39, 0.29) is 0 Å². The van der Waals surface area contributed by atoms with E-state index in [1.54, 1.807) is 0 Å². The maximum absolute atomic E-state index is 4.71. The summed E-state index contributed by atoms with van der Waals surface area (Å²) < 4.78 is 3.98. The van der Waals surface area contributed by atoms with Crippen molar-refractivity contribution in [2.45, 2.75) is 95.8 Å². The van der Waals surface area contributed by atoms with Crippen LogP contribution in [-0.4, -0.2) is 36.1 Å². The Hall–Kier alpha value is -0.841. The van der Waals surface area contributed by atoms with Crippen molar-refractivity contribution in [1.82, 2.24) is 15.0 Å². The monoisotopic (exact) mass is 475 g/mol. The normalized spacial score (nSPS) is 11.9. The second-order valence-electron chi connectivity index (χ2n) is 7.99. The maximum atomic E-state index is 4.71. The van der Waals surface area contributed by atoms with E-state index in [4.69, 9.17) is 5.10 Å². The fraction of sp³-hybridized carbons (Fsp3) is 0.652. The number of aromatic nitrogens is 3. The molecule has 27 heavy (non-hydrogen) atoms. The summed E-state index contributed by atoms with van der Waals surface area (Å²) >= 11 is -0.829. The molecule has 0 atom stereocenters. The predicted octanol–water partition coefficient (Wildman–Crippen LogP) is 5.94. The molecule has 0 aliphatic carbocycles. The van der Waals surface area contributed by atoms with Gasteiger partial charge in [0.05, 0.1) is 0 Å². The first-order valence-corrected chi connectivity index (χ1v) is 13.7. The third-order valence-corrected chi connectivity index (χ3v) is 11.2. The second-order valence-corrected chi connectivity index (χ2v) is 13.1. The van der Waals surface area contributed by atoms with Crippen molar-refractivity contribution in [3.63, 3.8) is 0 Å². The fourth-order valence-corrected chi connectivity index (χ4v) is 8.84. The molecule has 1 aromatic carbocycles. The molecule has 0 saturated carbocycles. The third kappa shape index (κ3) is 6.33. The Balaban J connectivity index is 2.28. The molecular weight excluding hydrogens is 437 g/mol. The zero-order chi connectivity index (χ0) is 19.7. The van der Waals surface area contributed by atoms with E-state index in [1.165, 1.54) is 72.8 Å². The molecule has 0 bridgehead atoms. The summed E-state index contributed by atoms with van der Waals surface area (Å²) in [7, 11) is 0. The molecule has 2 aromatic rings. The molecule has 2 rings (SSSR count). The fourth-order valence-electron chi connectivity index (χ4n) is 3.74. The summed E-state index contributed by atoms with van der Waals surface area (Å²) in [5.74, 6) is 0. The van der Waals surface area contributed by atoms with E-state index in [2.05, 4.69) is 68.8 Å². The number of aryl methyl sites for hydroxylation is 1. The first-order valence-electron chi connectivity index (χ1n) is 10.8. The van der Waals surface area contributed by atoms with Crippen LogP contribution in [-0.2, 0) is 0 Å². The summed E-state index contributed by atoms with van der Waals surface area (Å²) in [5.41, 5.74) is 3.70. The Labute approximate surface area is 176 Å². The standard InChI is InChI=1S/C13H27.C10H10N3.Sn/c1-4-7-10-13(11-8-5-2)12-9-6-3;1-8-3-5-10(6-4-8)13-9(2)7-11-12-13;/h4-12H2,1-3H3;3-6H,1-2H3;. The van der Waals surface area contributed by atoms with E-state index in [0.29, 0.717) is 3.43 Å². The zero-order valence-corrected chi connectivity index (χ0v) is 20.9. The van der Waals surface area contributed by atoms with Crippen LogP contribution >= 0.6 is 0 Å². The molecule has 148 valence electrons.